The summed E-state index contributed by atoms with van der Waals surface area (Å²) >= 11 is 0. The molecule has 0 amide bonds. The summed E-state index contributed by atoms with van der Waals surface area (Å²) in [5.74, 6) is 1.75. The van der Waals surface area contributed by atoms with Crippen LogP contribution in [0.2, 0.25) is 0 Å². The normalized spacial score (nSPS) is 12.8. The molecule has 5 heteroatoms. The lowest BCUT2D eigenvalue weighted by molar-refractivity contribution is 0.660. The molecule has 1 aliphatic rings. The highest BCUT2D eigenvalue weighted by Crippen LogP contribution is 2.52. The Hall–Kier alpha value is -8.67. The van der Waals surface area contributed by atoms with Gasteiger partial charge < -0.3 is 8.98 Å². The number of para-hydroxylation sites is 1. The second kappa shape index (κ2) is 15.2. The number of furan rings is 1. The van der Waals surface area contributed by atoms with Gasteiger partial charge in [0.1, 0.15) is 11.2 Å². The van der Waals surface area contributed by atoms with E-state index in [-0.39, 0.29) is 5.41 Å². The fourth-order valence-electron chi connectivity index (χ4n) is 10.8. The average molecular weight is 873 g/mol. The van der Waals surface area contributed by atoms with Crippen molar-refractivity contribution in [1.82, 2.24) is 19.5 Å². The van der Waals surface area contributed by atoms with Crippen molar-refractivity contribution in [1.29, 1.82) is 0 Å². The number of aryl methyl sites for hydroxylation is 1. The molecular formula is C63H44N4O. The summed E-state index contributed by atoms with van der Waals surface area (Å²) < 4.78 is 8.84. The van der Waals surface area contributed by atoms with E-state index in [1.807, 2.05) is 18.2 Å². The molecule has 3 aromatic heterocycles. The first-order chi connectivity index (χ1) is 33.3. The lowest BCUT2D eigenvalue weighted by atomic mass is 9.82. The minimum Gasteiger partial charge on any atom is -0.456 e. The third-order valence-corrected chi connectivity index (χ3v) is 14.2. The molecule has 0 unspecified atom stereocenters. The van der Waals surface area contributed by atoms with Crippen LogP contribution in [0.25, 0.3) is 111 Å². The summed E-state index contributed by atoms with van der Waals surface area (Å²) in [6.45, 7) is 11.7. The Balaban J connectivity index is 1.03. The second-order valence-corrected chi connectivity index (χ2v) is 18.5. The summed E-state index contributed by atoms with van der Waals surface area (Å²) in [4.78, 5) is 15.9. The van der Waals surface area contributed by atoms with E-state index in [0.29, 0.717) is 17.5 Å². The summed E-state index contributed by atoms with van der Waals surface area (Å²) in [5.41, 5.74) is 18.9. The van der Waals surface area contributed by atoms with Crippen LogP contribution in [-0.4, -0.2) is 19.5 Å². The molecule has 0 aliphatic heterocycles. The quantitative estimate of drug-likeness (QED) is 0.160. The highest BCUT2D eigenvalue weighted by atomic mass is 16.3. The molecule has 322 valence electrons. The van der Waals surface area contributed by atoms with Gasteiger partial charge in [-0.1, -0.05) is 172 Å². The van der Waals surface area contributed by atoms with E-state index in [1.54, 1.807) is 0 Å². The van der Waals surface area contributed by atoms with Crippen molar-refractivity contribution in [3.63, 3.8) is 0 Å². The first kappa shape index (κ1) is 39.7. The second-order valence-electron chi connectivity index (χ2n) is 18.5. The number of aromatic nitrogens is 4. The molecule has 0 bridgehead atoms. The molecule has 9 aromatic carbocycles. The summed E-state index contributed by atoms with van der Waals surface area (Å²) in [5, 5.41) is 4.40. The van der Waals surface area contributed by atoms with Gasteiger partial charge in [0, 0.05) is 49.3 Å². The number of fused-ring (bicyclic) bond motifs is 9. The lowest BCUT2D eigenvalue weighted by Gasteiger charge is -2.21. The topological polar surface area (TPSA) is 56.7 Å². The molecule has 0 fully saturated rings. The van der Waals surface area contributed by atoms with Crippen LogP contribution in [-0.2, 0) is 5.41 Å². The SMILES string of the molecule is C=C(c1nc(-c2ccccc2)nc(-c2cccc3c2-c2ccccc2C3(C)C)n1)c1cc2c3ccccc3n(-c3ccc4oc5ccc(-c6ccccc6)cc5c4c3)c2cc1-c1ccccc1C. The van der Waals surface area contributed by atoms with Crippen molar-refractivity contribution >= 4 is 49.3 Å². The Labute approximate surface area is 394 Å². The van der Waals surface area contributed by atoms with Crippen molar-refractivity contribution in [3.05, 3.63) is 235 Å². The van der Waals surface area contributed by atoms with Crippen molar-refractivity contribution < 1.29 is 4.42 Å². The van der Waals surface area contributed by atoms with Crippen molar-refractivity contribution in [2.75, 3.05) is 0 Å². The van der Waals surface area contributed by atoms with Gasteiger partial charge in [-0.05, 0) is 111 Å². The molecule has 0 saturated heterocycles. The van der Waals surface area contributed by atoms with Crippen LogP contribution >= 0.6 is 0 Å². The molecule has 0 saturated carbocycles. The van der Waals surface area contributed by atoms with Gasteiger partial charge in [-0.25, -0.2) is 15.0 Å². The van der Waals surface area contributed by atoms with Crippen LogP contribution in [0.15, 0.2) is 211 Å². The predicted octanol–water partition coefficient (Wildman–Crippen LogP) is 16.2. The number of nitrogens with zero attached hydrogens (tertiary/aromatic N) is 4. The van der Waals surface area contributed by atoms with Gasteiger partial charge in [0.15, 0.2) is 17.5 Å². The molecule has 0 N–H and O–H groups in total. The maximum Gasteiger partial charge on any atom is 0.164 e. The van der Waals surface area contributed by atoms with Crippen LogP contribution in [0.3, 0.4) is 0 Å². The van der Waals surface area contributed by atoms with Crippen molar-refractivity contribution in [3.8, 4) is 61.8 Å². The molecule has 68 heavy (non-hydrogen) atoms. The van der Waals surface area contributed by atoms with Gasteiger partial charge in [-0.3, -0.25) is 0 Å². The Morgan fingerprint density at radius 1 is 0.471 bits per heavy atom. The Bertz CT molecular complexity index is 4030. The van der Waals surface area contributed by atoms with Crippen molar-refractivity contribution in [2.45, 2.75) is 26.2 Å². The van der Waals surface area contributed by atoms with Gasteiger partial charge in [0.2, 0.25) is 0 Å². The summed E-state index contributed by atoms with van der Waals surface area (Å²) in [7, 11) is 0. The van der Waals surface area contributed by atoms with Gasteiger partial charge in [0.05, 0.1) is 11.0 Å². The van der Waals surface area contributed by atoms with Gasteiger partial charge >= 0.3 is 0 Å². The molecular weight excluding hydrogens is 829 g/mol. The Kier molecular flexibility index (Phi) is 8.86. The fourth-order valence-corrected chi connectivity index (χ4v) is 10.8. The molecule has 3 heterocycles. The Morgan fingerprint density at radius 3 is 1.93 bits per heavy atom. The highest BCUT2D eigenvalue weighted by molar-refractivity contribution is 6.13. The smallest absolute Gasteiger partial charge is 0.164 e. The fraction of sp³-hybridized carbons (Fsp3) is 0.0635. The zero-order valence-corrected chi connectivity index (χ0v) is 38.0. The van der Waals surface area contributed by atoms with E-state index in [9.17, 15) is 0 Å². The maximum atomic E-state index is 6.45. The number of benzene rings is 9. The van der Waals surface area contributed by atoms with E-state index in [2.05, 4.69) is 207 Å². The monoisotopic (exact) mass is 872 g/mol. The van der Waals surface area contributed by atoms with E-state index in [1.165, 1.54) is 27.8 Å². The third-order valence-electron chi connectivity index (χ3n) is 14.2. The average Bonchev–Trinajstić information content (AvgIpc) is 4.00. The minimum absolute atomic E-state index is 0.176. The number of hydrogen-bond donors (Lipinski definition) is 0. The lowest BCUT2D eigenvalue weighted by Crippen LogP contribution is -2.14. The van der Waals surface area contributed by atoms with Gasteiger partial charge in [0.25, 0.3) is 0 Å². The molecule has 0 radical (unpaired) electrons. The van der Waals surface area contributed by atoms with Crippen LogP contribution < -0.4 is 0 Å². The highest BCUT2D eigenvalue weighted by Gasteiger charge is 2.37. The first-order valence-corrected chi connectivity index (χ1v) is 23.2. The summed E-state index contributed by atoms with van der Waals surface area (Å²) in [6.07, 6.45) is 0. The van der Waals surface area contributed by atoms with Crippen LogP contribution in [0, 0.1) is 6.92 Å². The van der Waals surface area contributed by atoms with Crippen molar-refractivity contribution in [2.24, 2.45) is 0 Å². The third kappa shape index (κ3) is 6.13. The van der Waals surface area contributed by atoms with E-state index >= 15 is 0 Å². The van der Waals surface area contributed by atoms with E-state index < -0.39 is 0 Å². The molecule has 13 rings (SSSR count). The molecule has 0 spiro atoms. The minimum atomic E-state index is -0.176. The van der Waals surface area contributed by atoms with Crippen LogP contribution in [0.4, 0.5) is 0 Å². The first-order valence-electron chi connectivity index (χ1n) is 23.2. The molecule has 5 nitrogen and oxygen atoms in total. The zero-order valence-electron chi connectivity index (χ0n) is 38.0. The van der Waals surface area contributed by atoms with Gasteiger partial charge in [-0.15, -0.1) is 0 Å². The summed E-state index contributed by atoms with van der Waals surface area (Å²) in [6, 6.07) is 70.9. The number of hydrogen-bond acceptors (Lipinski definition) is 4. The van der Waals surface area contributed by atoms with Crippen LogP contribution in [0.5, 0.6) is 0 Å². The molecule has 0 atom stereocenters. The number of rotatable bonds is 7. The Morgan fingerprint density at radius 2 is 1.12 bits per heavy atom. The predicted molar refractivity (Wildman–Crippen MR) is 280 cm³/mol. The molecule has 12 aromatic rings. The van der Waals surface area contributed by atoms with Crippen LogP contribution in [0.1, 0.15) is 41.9 Å². The van der Waals surface area contributed by atoms with E-state index in [0.717, 1.165) is 93.9 Å². The zero-order chi connectivity index (χ0) is 45.7. The standard InChI is InChI=1S/C63H44N4O/c1-38-18-11-12-23-44(38)49-37-56-50(45-24-14-16-29-55(45)67(56)43-31-33-58-52(35-43)51-34-42(30-32-57(51)68-58)40-19-7-5-8-20-40)36-48(49)39(2)60-64-61(41-21-9-6-10-22-41)66-62(65-60)47-26-17-28-54-59(47)46-25-13-15-27-53(46)63(54,3)4/h5-37H,2H2,1,3-4H3. The van der Waals surface area contributed by atoms with Gasteiger partial charge in [-0.2, -0.15) is 0 Å². The largest absolute Gasteiger partial charge is 0.456 e. The van der Waals surface area contributed by atoms with E-state index in [4.69, 9.17) is 25.9 Å². The molecule has 1 aliphatic carbocycles. The maximum absolute atomic E-state index is 6.45.